The molecule has 1 amide bonds. The second-order valence-corrected chi connectivity index (χ2v) is 6.59. The van der Waals surface area contributed by atoms with Gasteiger partial charge in [0.1, 0.15) is 5.82 Å². The maximum Gasteiger partial charge on any atom is 0.222 e. The van der Waals surface area contributed by atoms with Gasteiger partial charge in [-0.25, -0.2) is 4.39 Å². The fourth-order valence-electron chi connectivity index (χ4n) is 3.38. The summed E-state index contributed by atoms with van der Waals surface area (Å²) in [7, 11) is 0. The van der Waals surface area contributed by atoms with Gasteiger partial charge in [-0.3, -0.25) is 9.78 Å². The molecule has 0 radical (unpaired) electrons. The number of carbonyl (C=O) groups is 1. The summed E-state index contributed by atoms with van der Waals surface area (Å²) >= 11 is 0. The summed E-state index contributed by atoms with van der Waals surface area (Å²) in [6.07, 6.45) is 2.57. The molecule has 2 aromatic rings. The van der Waals surface area contributed by atoms with Crippen LogP contribution < -0.4 is 5.32 Å². The van der Waals surface area contributed by atoms with E-state index in [0.717, 1.165) is 43.0 Å². The van der Waals surface area contributed by atoms with Crippen LogP contribution in [0.1, 0.15) is 43.5 Å². The lowest BCUT2D eigenvalue weighted by Crippen LogP contribution is -2.38. The SMILES string of the molecule is CCC(=O)N1CCC[C@H](c2cc(Nc3cccc(F)c3)cc(C)n2)C1. The minimum Gasteiger partial charge on any atom is -0.355 e. The molecule has 2 heterocycles. The summed E-state index contributed by atoms with van der Waals surface area (Å²) in [5.74, 6) is 0.185. The summed E-state index contributed by atoms with van der Waals surface area (Å²) in [4.78, 5) is 18.6. The van der Waals surface area contributed by atoms with Crippen LogP contribution in [0.2, 0.25) is 0 Å². The second-order valence-electron chi connectivity index (χ2n) is 6.59. The third-order valence-electron chi connectivity index (χ3n) is 4.58. The van der Waals surface area contributed by atoms with E-state index < -0.39 is 0 Å². The second kappa shape index (κ2) is 7.64. The summed E-state index contributed by atoms with van der Waals surface area (Å²) < 4.78 is 13.4. The number of nitrogens with zero attached hydrogens (tertiary/aromatic N) is 2. The van der Waals surface area contributed by atoms with Gasteiger partial charge in [-0.1, -0.05) is 13.0 Å². The largest absolute Gasteiger partial charge is 0.355 e. The summed E-state index contributed by atoms with van der Waals surface area (Å²) in [5.41, 5.74) is 3.51. The Labute approximate surface area is 148 Å². The lowest BCUT2D eigenvalue weighted by Gasteiger charge is -2.32. The molecule has 132 valence electrons. The topological polar surface area (TPSA) is 45.2 Å². The lowest BCUT2D eigenvalue weighted by atomic mass is 9.93. The molecular weight excluding hydrogens is 317 g/mol. The van der Waals surface area contributed by atoms with Crippen molar-refractivity contribution >= 4 is 17.3 Å². The van der Waals surface area contributed by atoms with E-state index in [4.69, 9.17) is 0 Å². The Hall–Kier alpha value is -2.43. The molecule has 1 aliphatic heterocycles. The number of hydrogen-bond donors (Lipinski definition) is 1. The Morgan fingerprint density at radius 1 is 1.32 bits per heavy atom. The van der Waals surface area contributed by atoms with Crippen LogP contribution in [0.3, 0.4) is 0 Å². The number of piperidine rings is 1. The number of carbonyl (C=O) groups excluding carboxylic acids is 1. The van der Waals surface area contributed by atoms with Crippen molar-refractivity contribution in [2.75, 3.05) is 18.4 Å². The van der Waals surface area contributed by atoms with E-state index in [1.807, 2.05) is 36.9 Å². The Kier molecular flexibility index (Phi) is 5.31. The van der Waals surface area contributed by atoms with E-state index in [-0.39, 0.29) is 17.6 Å². The van der Waals surface area contributed by atoms with Crippen molar-refractivity contribution in [3.05, 3.63) is 53.6 Å². The number of amides is 1. The van der Waals surface area contributed by atoms with Gasteiger partial charge in [0, 0.05) is 48.2 Å². The van der Waals surface area contributed by atoms with Crippen LogP contribution in [0.15, 0.2) is 36.4 Å². The summed E-state index contributed by atoms with van der Waals surface area (Å²) in [6, 6.07) is 10.4. The Morgan fingerprint density at radius 2 is 2.16 bits per heavy atom. The molecule has 5 heteroatoms. The van der Waals surface area contributed by atoms with Gasteiger partial charge in [-0.05, 0) is 50.1 Å². The molecule has 1 aliphatic rings. The first-order valence-electron chi connectivity index (χ1n) is 8.84. The normalized spacial score (nSPS) is 17.4. The van der Waals surface area contributed by atoms with Crippen LogP contribution in [0.25, 0.3) is 0 Å². The standard InChI is InChI=1S/C20H24FN3O/c1-3-20(25)24-9-5-6-15(13-24)19-12-18(10-14(2)22-19)23-17-8-4-7-16(21)11-17/h4,7-8,10-12,15H,3,5-6,9,13H2,1-2H3,(H,22,23)/t15-/m0/s1. The number of anilines is 2. The van der Waals surface area contributed by atoms with Crippen LogP contribution in [0.5, 0.6) is 0 Å². The van der Waals surface area contributed by atoms with Crippen molar-refractivity contribution in [3.63, 3.8) is 0 Å². The molecule has 1 aromatic carbocycles. The maximum absolute atomic E-state index is 13.4. The fourth-order valence-corrected chi connectivity index (χ4v) is 3.38. The highest BCUT2D eigenvalue weighted by molar-refractivity contribution is 5.76. The molecule has 4 nitrogen and oxygen atoms in total. The van der Waals surface area contributed by atoms with Crippen LogP contribution >= 0.6 is 0 Å². The van der Waals surface area contributed by atoms with Crippen LogP contribution in [-0.2, 0) is 4.79 Å². The summed E-state index contributed by atoms with van der Waals surface area (Å²) in [6.45, 7) is 5.42. The highest BCUT2D eigenvalue weighted by Gasteiger charge is 2.25. The van der Waals surface area contributed by atoms with Gasteiger partial charge >= 0.3 is 0 Å². The first-order valence-corrected chi connectivity index (χ1v) is 8.84. The summed E-state index contributed by atoms with van der Waals surface area (Å²) in [5, 5.41) is 3.25. The highest BCUT2D eigenvalue weighted by Crippen LogP contribution is 2.29. The maximum atomic E-state index is 13.4. The molecule has 1 atom stereocenters. The Bertz CT molecular complexity index is 762. The molecule has 3 rings (SSSR count). The molecule has 1 aromatic heterocycles. The van der Waals surface area contributed by atoms with Crippen molar-refractivity contribution in [2.45, 2.75) is 39.0 Å². The van der Waals surface area contributed by atoms with E-state index in [9.17, 15) is 9.18 Å². The van der Waals surface area contributed by atoms with Crippen LogP contribution in [0.4, 0.5) is 15.8 Å². The first-order chi connectivity index (χ1) is 12.0. The van der Waals surface area contributed by atoms with Gasteiger partial charge < -0.3 is 10.2 Å². The quantitative estimate of drug-likeness (QED) is 0.897. The molecule has 0 spiro atoms. The predicted molar refractivity (Wildman–Crippen MR) is 97.5 cm³/mol. The predicted octanol–water partition coefficient (Wildman–Crippen LogP) is 4.39. The lowest BCUT2D eigenvalue weighted by molar-refractivity contribution is -0.132. The minimum atomic E-state index is -0.267. The number of aryl methyl sites for hydroxylation is 1. The van der Waals surface area contributed by atoms with Crippen molar-refractivity contribution < 1.29 is 9.18 Å². The number of halogens is 1. The average Bonchev–Trinajstić information content (AvgIpc) is 2.60. The van der Waals surface area contributed by atoms with E-state index in [1.165, 1.54) is 12.1 Å². The molecule has 0 unspecified atom stereocenters. The number of likely N-dealkylation sites (tertiary alicyclic amines) is 1. The monoisotopic (exact) mass is 341 g/mol. The molecule has 1 fully saturated rings. The van der Waals surface area contributed by atoms with Crippen molar-refractivity contribution in [3.8, 4) is 0 Å². The van der Waals surface area contributed by atoms with Gasteiger partial charge in [-0.2, -0.15) is 0 Å². The number of rotatable bonds is 4. The van der Waals surface area contributed by atoms with Crippen molar-refractivity contribution in [2.24, 2.45) is 0 Å². The molecule has 25 heavy (non-hydrogen) atoms. The van der Waals surface area contributed by atoms with E-state index in [2.05, 4.69) is 10.3 Å². The van der Waals surface area contributed by atoms with E-state index in [0.29, 0.717) is 12.1 Å². The average molecular weight is 341 g/mol. The molecule has 1 N–H and O–H groups in total. The third-order valence-corrected chi connectivity index (χ3v) is 4.58. The van der Waals surface area contributed by atoms with Gasteiger partial charge in [0.15, 0.2) is 0 Å². The molecule has 1 saturated heterocycles. The van der Waals surface area contributed by atoms with Gasteiger partial charge in [0.25, 0.3) is 0 Å². The minimum absolute atomic E-state index is 0.204. The smallest absolute Gasteiger partial charge is 0.222 e. The van der Waals surface area contributed by atoms with Gasteiger partial charge in [0.2, 0.25) is 5.91 Å². The zero-order chi connectivity index (χ0) is 17.8. The Balaban J connectivity index is 1.80. The molecule has 0 aliphatic carbocycles. The number of benzene rings is 1. The zero-order valence-electron chi connectivity index (χ0n) is 14.8. The number of nitrogens with one attached hydrogen (secondary N) is 1. The molecular formula is C20H24FN3O. The fraction of sp³-hybridized carbons (Fsp3) is 0.400. The third kappa shape index (κ3) is 4.35. The molecule has 0 bridgehead atoms. The highest BCUT2D eigenvalue weighted by atomic mass is 19.1. The zero-order valence-corrected chi connectivity index (χ0v) is 14.8. The molecule has 0 saturated carbocycles. The van der Waals surface area contributed by atoms with Gasteiger partial charge in [-0.15, -0.1) is 0 Å². The van der Waals surface area contributed by atoms with E-state index in [1.54, 1.807) is 6.07 Å². The van der Waals surface area contributed by atoms with Crippen LogP contribution in [0, 0.1) is 12.7 Å². The number of pyridine rings is 1. The van der Waals surface area contributed by atoms with Gasteiger partial charge in [0.05, 0.1) is 0 Å². The number of aromatic nitrogens is 1. The van der Waals surface area contributed by atoms with Crippen LogP contribution in [-0.4, -0.2) is 28.9 Å². The first kappa shape index (κ1) is 17.4. The van der Waals surface area contributed by atoms with Crippen molar-refractivity contribution in [1.82, 2.24) is 9.88 Å². The number of hydrogen-bond acceptors (Lipinski definition) is 3. The Morgan fingerprint density at radius 3 is 2.92 bits per heavy atom. The van der Waals surface area contributed by atoms with Crippen molar-refractivity contribution in [1.29, 1.82) is 0 Å². The van der Waals surface area contributed by atoms with E-state index >= 15 is 0 Å².